The number of nitrogens with zero attached hydrogens (tertiary/aromatic N) is 6. The summed E-state index contributed by atoms with van der Waals surface area (Å²) in [7, 11) is 1.81. The Hall–Kier alpha value is -3.37. The Bertz CT molecular complexity index is 1050. The van der Waals surface area contributed by atoms with Crippen LogP contribution in [0.25, 0.3) is 0 Å². The average Bonchev–Trinajstić information content (AvgIpc) is 3.28. The predicted molar refractivity (Wildman–Crippen MR) is 155 cm³/mol. The van der Waals surface area contributed by atoms with Crippen LogP contribution >= 0.6 is 0 Å². The first-order valence-electron chi connectivity index (χ1n) is 13.2. The van der Waals surface area contributed by atoms with Crippen molar-refractivity contribution >= 4 is 18.1 Å². The molecule has 3 rings (SSSR count). The standard InChI is InChI=1S/C30H42N6/c1-6-34(7-2)29(31-5)33-30(32-24-27-15-12-14-25(3)22-26(4)23-27)36-19-13-18-35(20-21-36)28-16-10-8-9-11-17-28/h8,10-12,14-17,23-24,27H,6-7,13,18-22H2,1-5H3/b15-12?,25-14-,26-23-,31-29?,32-24+,33-30+. The summed E-state index contributed by atoms with van der Waals surface area (Å²) in [5, 5.41) is 0. The van der Waals surface area contributed by atoms with Crippen molar-refractivity contribution < 1.29 is 0 Å². The summed E-state index contributed by atoms with van der Waals surface area (Å²) < 4.78 is 0. The van der Waals surface area contributed by atoms with Crippen LogP contribution in [0.2, 0.25) is 0 Å². The van der Waals surface area contributed by atoms with E-state index in [1.54, 1.807) is 0 Å². The zero-order valence-corrected chi connectivity index (χ0v) is 22.7. The van der Waals surface area contributed by atoms with Crippen molar-refractivity contribution in [1.82, 2.24) is 14.7 Å². The molecule has 1 aliphatic heterocycles. The van der Waals surface area contributed by atoms with Gasteiger partial charge in [0.05, 0.1) is 0 Å². The summed E-state index contributed by atoms with van der Waals surface area (Å²) in [5.41, 5.74) is 7.11. The van der Waals surface area contributed by atoms with Crippen molar-refractivity contribution in [3.63, 3.8) is 0 Å². The Morgan fingerprint density at radius 2 is 1.89 bits per heavy atom. The third kappa shape index (κ3) is 8.10. The molecule has 1 unspecified atom stereocenters. The van der Waals surface area contributed by atoms with Crippen LogP contribution in [0.15, 0.2) is 92.2 Å². The molecule has 0 amide bonds. The molecule has 0 N–H and O–H groups in total. The molecule has 6 heteroatoms. The summed E-state index contributed by atoms with van der Waals surface area (Å²) in [6, 6.07) is 0. The molecule has 1 atom stereocenters. The van der Waals surface area contributed by atoms with Crippen LogP contribution in [0, 0.1) is 5.92 Å². The van der Waals surface area contributed by atoms with Gasteiger partial charge in [-0.15, -0.1) is 5.73 Å². The van der Waals surface area contributed by atoms with Crippen LogP contribution in [0.3, 0.4) is 0 Å². The normalized spacial score (nSPS) is 24.5. The molecule has 0 aromatic carbocycles. The second kappa shape index (κ2) is 14.3. The van der Waals surface area contributed by atoms with Gasteiger partial charge in [0.2, 0.25) is 11.9 Å². The van der Waals surface area contributed by atoms with Gasteiger partial charge in [-0.05, 0) is 64.8 Å². The molecule has 0 aromatic heterocycles. The molecule has 192 valence electrons. The summed E-state index contributed by atoms with van der Waals surface area (Å²) in [6.07, 6.45) is 23.2. The lowest BCUT2D eigenvalue weighted by Gasteiger charge is -2.26. The molecule has 0 radical (unpaired) electrons. The van der Waals surface area contributed by atoms with Crippen LogP contribution in [0.1, 0.15) is 40.5 Å². The Balaban J connectivity index is 1.87. The van der Waals surface area contributed by atoms with Crippen molar-refractivity contribution in [2.45, 2.75) is 40.5 Å². The van der Waals surface area contributed by atoms with Gasteiger partial charge in [-0.2, -0.15) is 4.99 Å². The fourth-order valence-corrected chi connectivity index (χ4v) is 4.61. The summed E-state index contributed by atoms with van der Waals surface area (Å²) >= 11 is 0. The number of aliphatic imine (C=N–C) groups is 3. The van der Waals surface area contributed by atoms with Crippen molar-refractivity contribution in [3.8, 4) is 0 Å². The van der Waals surface area contributed by atoms with E-state index in [1.807, 2.05) is 25.4 Å². The van der Waals surface area contributed by atoms with Gasteiger partial charge in [0.15, 0.2) is 0 Å². The zero-order chi connectivity index (χ0) is 25.8. The molecule has 1 heterocycles. The first-order chi connectivity index (χ1) is 17.5. The fraction of sp³-hybridized carbons (Fsp3) is 0.467. The highest BCUT2D eigenvalue weighted by Crippen LogP contribution is 2.17. The maximum atomic E-state index is 5.01. The second-order valence-corrected chi connectivity index (χ2v) is 9.33. The molecular weight excluding hydrogens is 444 g/mol. The predicted octanol–water partition coefficient (Wildman–Crippen LogP) is 5.38. The van der Waals surface area contributed by atoms with E-state index in [9.17, 15) is 0 Å². The van der Waals surface area contributed by atoms with Gasteiger partial charge in [-0.3, -0.25) is 4.99 Å². The van der Waals surface area contributed by atoms with Crippen molar-refractivity contribution in [3.05, 3.63) is 77.3 Å². The molecule has 0 aromatic rings. The molecule has 1 saturated heterocycles. The molecule has 3 aliphatic rings. The molecular formula is C30H42N6. The molecule has 0 saturated carbocycles. The van der Waals surface area contributed by atoms with E-state index in [0.717, 1.165) is 64.0 Å². The number of rotatable bonds is 4. The van der Waals surface area contributed by atoms with Gasteiger partial charge in [-0.1, -0.05) is 41.5 Å². The van der Waals surface area contributed by atoms with E-state index in [0.29, 0.717) is 0 Å². The van der Waals surface area contributed by atoms with Crippen LogP contribution < -0.4 is 0 Å². The van der Waals surface area contributed by atoms with E-state index in [-0.39, 0.29) is 5.92 Å². The quantitative estimate of drug-likeness (QED) is 0.232. The topological polar surface area (TPSA) is 46.8 Å². The van der Waals surface area contributed by atoms with E-state index >= 15 is 0 Å². The Kier molecular flexibility index (Phi) is 10.8. The molecule has 0 spiro atoms. The fourth-order valence-electron chi connectivity index (χ4n) is 4.61. The van der Waals surface area contributed by atoms with Crippen LogP contribution in [-0.2, 0) is 0 Å². The monoisotopic (exact) mass is 486 g/mol. The molecule has 0 bridgehead atoms. The first-order valence-corrected chi connectivity index (χ1v) is 13.2. The van der Waals surface area contributed by atoms with E-state index in [1.165, 1.54) is 16.8 Å². The summed E-state index contributed by atoms with van der Waals surface area (Å²) in [6.45, 7) is 14.0. The summed E-state index contributed by atoms with van der Waals surface area (Å²) in [4.78, 5) is 21.4. The van der Waals surface area contributed by atoms with Gasteiger partial charge in [0.25, 0.3) is 0 Å². The average molecular weight is 487 g/mol. The van der Waals surface area contributed by atoms with E-state index in [2.05, 4.69) is 95.7 Å². The Morgan fingerprint density at radius 1 is 1.06 bits per heavy atom. The van der Waals surface area contributed by atoms with Gasteiger partial charge >= 0.3 is 0 Å². The zero-order valence-electron chi connectivity index (χ0n) is 22.7. The minimum atomic E-state index is 0.138. The van der Waals surface area contributed by atoms with Crippen molar-refractivity contribution in [2.75, 3.05) is 46.3 Å². The van der Waals surface area contributed by atoms with Gasteiger partial charge in [0.1, 0.15) is 0 Å². The minimum Gasteiger partial charge on any atom is -0.370 e. The second-order valence-electron chi connectivity index (χ2n) is 9.33. The minimum absolute atomic E-state index is 0.138. The highest BCUT2D eigenvalue weighted by Gasteiger charge is 2.20. The number of hydrogen-bond acceptors (Lipinski definition) is 2. The molecule has 2 aliphatic carbocycles. The van der Waals surface area contributed by atoms with Crippen molar-refractivity contribution in [1.29, 1.82) is 0 Å². The van der Waals surface area contributed by atoms with Gasteiger partial charge < -0.3 is 14.7 Å². The van der Waals surface area contributed by atoms with Crippen LogP contribution in [-0.4, -0.2) is 79.1 Å². The maximum Gasteiger partial charge on any atom is 0.228 e. The maximum absolute atomic E-state index is 5.01. The molecule has 1 fully saturated rings. The lowest BCUT2D eigenvalue weighted by molar-refractivity contribution is 0.363. The SMILES string of the molecule is CCN(CC)C(=NC)/N=C(\N=C\C1C=C/C=C(/C)C/C(C)=C\1)N1CCCN(C2=CC=C=CC=C2)CC1. The Labute approximate surface area is 217 Å². The highest BCUT2D eigenvalue weighted by atomic mass is 15.4. The van der Waals surface area contributed by atoms with E-state index in [4.69, 9.17) is 9.98 Å². The third-order valence-electron chi connectivity index (χ3n) is 6.51. The van der Waals surface area contributed by atoms with Gasteiger partial charge in [-0.25, -0.2) is 4.99 Å². The Morgan fingerprint density at radius 3 is 2.67 bits per heavy atom. The largest absolute Gasteiger partial charge is 0.370 e. The first kappa shape index (κ1) is 27.2. The lowest BCUT2D eigenvalue weighted by Crippen LogP contribution is -2.37. The molecule has 6 nitrogen and oxygen atoms in total. The number of allylic oxidation sites excluding steroid dienone is 10. The molecule has 36 heavy (non-hydrogen) atoms. The summed E-state index contributed by atoms with van der Waals surface area (Å²) in [5.74, 6) is 1.61. The lowest BCUT2D eigenvalue weighted by atomic mass is 9.99. The van der Waals surface area contributed by atoms with E-state index < -0.39 is 0 Å². The van der Waals surface area contributed by atoms with Crippen molar-refractivity contribution in [2.24, 2.45) is 20.9 Å². The highest BCUT2D eigenvalue weighted by molar-refractivity contribution is 5.98. The van der Waals surface area contributed by atoms with Crippen LogP contribution in [0.4, 0.5) is 0 Å². The van der Waals surface area contributed by atoms with Gasteiger partial charge in [0, 0.05) is 64.1 Å². The number of hydrogen-bond donors (Lipinski definition) is 0. The number of guanidine groups is 2. The third-order valence-corrected chi connectivity index (χ3v) is 6.51. The van der Waals surface area contributed by atoms with Crippen LogP contribution in [0.5, 0.6) is 0 Å². The smallest absolute Gasteiger partial charge is 0.228 e.